The van der Waals surface area contributed by atoms with Gasteiger partial charge in [0.05, 0.1) is 6.54 Å². The number of carbonyl (C=O) groups excluding carboxylic acids is 1. The Balaban J connectivity index is 1.41. The molecule has 2 aromatic rings. The smallest absolute Gasteiger partial charge is 0.223 e. The molecule has 0 saturated heterocycles. The summed E-state index contributed by atoms with van der Waals surface area (Å²) in [5.74, 6) is 1.04. The van der Waals surface area contributed by atoms with Crippen LogP contribution in [0.1, 0.15) is 41.3 Å². The van der Waals surface area contributed by atoms with Crippen LogP contribution < -0.4 is 10.6 Å². The fourth-order valence-corrected chi connectivity index (χ4v) is 4.00. The zero-order valence-corrected chi connectivity index (χ0v) is 16.9. The summed E-state index contributed by atoms with van der Waals surface area (Å²) >= 11 is 1.74. The number of nitrogens with one attached hydrogen (secondary N) is 2. The van der Waals surface area contributed by atoms with Crippen LogP contribution in [0.3, 0.4) is 0 Å². The molecular weight excluding hydrogens is 356 g/mol. The van der Waals surface area contributed by atoms with E-state index >= 15 is 0 Å². The lowest BCUT2D eigenvalue weighted by atomic mass is 10.1. The van der Waals surface area contributed by atoms with E-state index < -0.39 is 0 Å². The Morgan fingerprint density at radius 3 is 2.56 bits per heavy atom. The van der Waals surface area contributed by atoms with Gasteiger partial charge in [0, 0.05) is 37.5 Å². The van der Waals surface area contributed by atoms with Crippen molar-refractivity contribution in [2.24, 2.45) is 4.99 Å². The van der Waals surface area contributed by atoms with Crippen molar-refractivity contribution in [3.63, 3.8) is 0 Å². The van der Waals surface area contributed by atoms with Crippen LogP contribution in [-0.2, 0) is 24.4 Å². The number of aryl methyl sites for hydroxylation is 1. The number of rotatable bonds is 7. The van der Waals surface area contributed by atoms with Crippen LogP contribution in [0.4, 0.5) is 0 Å². The quantitative estimate of drug-likeness (QED) is 0.437. The topological polar surface area (TPSA) is 56.7 Å². The molecule has 5 nitrogen and oxygen atoms in total. The number of hydrogen-bond donors (Lipinski definition) is 2. The Kier molecular flexibility index (Phi) is 6.87. The van der Waals surface area contributed by atoms with Crippen molar-refractivity contribution in [2.75, 3.05) is 13.1 Å². The maximum absolute atomic E-state index is 12.5. The van der Waals surface area contributed by atoms with E-state index in [2.05, 4.69) is 53.1 Å². The Bertz CT molecular complexity index is 774. The van der Waals surface area contributed by atoms with Crippen molar-refractivity contribution in [3.05, 3.63) is 57.3 Å². The largest absolute Gasteiger partial charge is 0.357 e. The zero-order chi connectivity index (χ0) is 19.1. The Labute approximate surface area is 165 Å². The predicted molar refractivity (Wildman–Crippen MR) is 112 cm³/mol. The molecule has 0 spiro atoms. The number of hydrogen-bond acceptors (Lipinski definition) is 3. The lowest BCUT2D eigenvalue weighted by molar-refractivity contribution is -0.131. The molecule has 1 aromatic carbocycles. The minimum Gasteiger partial charge on any atom is -0.357 e. The maximum Gasteiger partial charge on any atom is 0.223 e. The number of guanidine groups is 1. The maximum atomic E-state index is 12.5. The zero-order valence-electron chi connectivity index (χ0n) is 16.1. The molecule has 27 heavy (non-hydrogen) atoms. The van der Waals surface area contributed by atoms with Crippen molar-refractivity contribution in [2.45, 2.75) is 46.3 Å². The van der Waals surface area contributed by atoms with Gasteiger partial charge in [-0.3, -0.25) is 4.79 Å². The van der Waals surface area contributed by atoms with E-state index in [0.717, 1.165) is 38.6 Å². The average Bonchev–Trinajstić information content (AvgIpc) is 3.28. The molecule has 0 unspecified atom stereocenters. The van der Waals surface area contributed by atoms with Crippen LogP contribution >= 0.6 is 11.3 Å². The summed E-state index contributed by atoms with van der Waals surface area (Å²) in [4.78, 5) is 20.3. The third kappa shape index (κ3) is 5.32. The summed E-state index contributed by atoms with van der Waals surface area (Å²) in [6.45, 7) is 7.90. The number of aliphatic imine (C=N–C) groups is 1. The van der Waals surface area contributed by atoms with E-state index in [9.17, 15) is 4.79 Å². The summed E-state index contributed by atoms with van der Waals surface area (Å²) in [5.41, 5.74) is 3.83. The molecule has 1 aliphatic heterocycles. The molecule has 144 valence electrons. The Morgan fingerprint density at radius 1 is 1.19 bits per heavy atom. The Hall–Kier alpha value is -2.34. The van der Waals surface area contributed by atoms with Gasteiger partial charge < -0.3 is 15.5 Å². The average molecular weight is 385 g/mol. The predicted octanol–water partition coefficient (Wildman–Crippen LogP) is 3.43. The highest BCUT2D eigenvalue weighted by Gasteiger charge is 2.22. The van der Waals surface area contributed by atoms with Gasteiger partial charge >= 0.3 is 0 Å². The van der Waals surface area contributed by atoms with E-state index in [1.165, 1.54) is 21.6 Å². The summed E-state index contributed by atoms with van der Waals surface area (Å²) < 4.78 is 0. The standard InChI is InChI=1S/C21H28N4OS/c1-3-22-21(24-13-19-16(2)10-12-27-19)23-11-6-9-20(26)25-14-17-7-4-5-8-18(17)15-25/h4-5,7-8,10,12H,3,6,9,11,13-15H2,1-2H3,(H2,22,23,24). The summed E-state index contributed by atoms with van der Waals surface area (Å²) in [6, 6.07) is 10.4. The van der Waals surface area contributed by atoms with Crippen LogP contribution in [0.5, 0.6) is 0 Å². The number of amides is 1. The molecule has 3 rings (SSSR count). The van der Waals surface area contributed by atoms with E-state index in [-0.39, 0.29) is 5.91 Å². The van der Waals surface area contributed by atoms with Gasteiger partial charge in [0.25, 0.3) is 0 Å². The van der Waals surface area contributed by atoms with Crippen LogP contribution in [0, 0.1) is 6.92 Å². The van der Waals surface area contributed by atoms with Gasteiger partial charge in [-0.1, -0.05) is 24.3 Å². The molecule has 1 amide bonds. The van der Waals surface area contributed by atoms with Crippen LogP contribution in [0.2, 0.25) is 0 Å². The highest BCUT2D eigenvalue weighted by Crippen LogP contribution is 2.22. The van der Waals surface area contributed by atoms with Crippen molar-refractivity contribution in [1.82, 2.24) is 15.5 Å². The number of fused-ring (bicyclic) bond motifs is 1. The molecule has 1 aliphatic rings. The second-order valence-corrected chi connectivity index (χ2v) is 7.77. The van der Waals surface area contributed by atoms with Crippen molar-refractivity contribution < 1.29 is 4.79 Å². The molecule has 0 fully saturated rings. The van der Waals surface area contributed by atoms with Crippen molar-refractivity contribution >= 4 is 23.2 Å². The minimum absolute atomic E-state index is 0.226. The molecule has 6 heteroatoms. The van der Waals surface area contributed by atoms with E-state index in [1.807, 2.05) is 17.0 Å². The third-order valence-corrected chi connectivity index (χ3v) is 5.75. The van der Waals surface area contributed by atoms with Crippen molar-refractivity contribution in [3.8, 4) is 0 Å². The van der Waals surface area contributed by atoms with Crippen LogP contribution in [0.25, 0.3) is 0 Å². The van der Waals surface area contributed by atoms with E-state index in [4.69, 9.17) is 0 Å². The lowest BCUT2D eigenvalue weighted by Gasteiger charge is -2.16. The van der Waals surface area contributed by atoms with Gasteiger partial charge in [0.1, 0.15) is 0 Å². The molecule has 0 saturated carbocycles. The van der Waals surface area contributed by atoms with E-state index in [1.54, 1.807) is 11.3 Å². The molecule has 0 radical (unpaired) electrons. The lowest BCUT2D eigenvalue weighted by Crippen LogP contribution is -2.38. The first-order valence-corrected chi connectivity index (χ1v) is 10.4. The monoisotopic (exact) mass is 384 g/mol. The normalized spacial score (nSPS) is 13.6. The summed E-state index contributed by atoms with van der Waals surface area (Å²) in [7, 11) is 0. The summed E-state index contributed by atoms with van der Waals surface area (Å²) in [6.07, 6.45) is 1.36. The number of carbonyl (C=O) groups is 1. The molecule has 2 heterocycles. The van der Waals surface area contributed by atoms with Gasteiger partial charge in [0.2, 0.25) is 5.91 Å². The second-order valence-electron chi connectivity index (χ2n) is 6.77. The molecule has 0 bridgehead atoms. The highest BCUT2D eigenvalue weighted by molar-refractivity contribution is 7.10. The van der Waals surface area contributed by atoms with Crippen LogP contribution in [0.15, 0.2) is 40.7 Å². The third-order valence-electron chi connectivity index (χ3n) is 4.75. The van der Waals surface area contributed by atoms with Gasteiger partial charge in [0.15, 0.2) is 5.96 Å². The van der Waals surface area contributed by atoms with Crippen molar-refractivity contribution in [1.29, 1.82) is 0 Å². The molecule has 1 aromatic heterocycles. The fraction of sp³-hybridized carbons (Fsp3) is 0.429. The highest BCUT2D eigenvalue weighted by atomic mass is 32.1. The minimum atomic E-state index is 0.226. The first kappa shape index (κ1) is 19.4. The van der Waals surface area contributed by atoms with Crippen LogP contribution in [-0.4, -0.2) is 29.9 Å². The summed E-state index contributed by atoms with van der Waals surface area (Å²) in [5, 5.41) is 8.71. The van der Waals surface area contributed by atoms with Gasteiger partial charge in [-0.2, -0.15) is 0 Å². The molecule has 0 atom stereocenters. The van der Waals surface area contributed by atoms with E-state index in [0.29, 0.717) is 13.0 Å². The SMILES string of the molecule is CCNC(=NCc1sccc1C)NCCCC(=O)N1Cc2ccccc2C1. The number of thiophene rings is 1. The number of nitrogens with zero attached hydrogens (tertiary/aromatic N) is 2. The van der Waals surface area contributed by atoms with Gasteiger partial charge in [-0.05, 0) is 48.4 Å². The Morgan fingerprint density at radius 2 is 1.93 bits per heavy atom. The number of benzene rings is 1. The molecule has 2 N–H and O–H groups in total. The molecule has 0 aliphatic carbocycles. The first-order chi connectivity index (χ1) is 13.2. The molecular formula is C21H28N4OS. The second kappa shape index (κ2) is 9.55. The fourth-order valence-electron chi connectivity index (χ4n) is 3.17. The van der Waals surface area contributed by atoms with Gasteiger partial charge in [-0.25, -0.2) is 4.99 Å². The van der Waals surface area contributed by atoms with Gasteiger partial charge in [-0.15, -0.1) is 11.3 Å². The first-order valence-electron chi connectivity index (χ1n) is 9.57.